The minimum atomic E-state index is -0.499. The second-order valence-corrected chi connectivity index (χ2v) is 7.52. The molecular weight excluding hydrogens is 410 g/mol. The number of nitriles is 1. The molecule has 0 radical (unpaired) electrons. The molecule has 0 saturated heterocycles. The van der Waals surface area contributed by atoms with Crippen LogP contribution in [0.4, 0.5) is 5.13 Å². The normalized spacial score (nSPS) is 10.9. The fourth-order valence-corrected chi connectivity index (χ4v) is 3.41. The number of thiazole rings is 1. The summed E-state index contributed by atoms with van der Waals surface area (Å²) in [5.74, 6) is 1.03. The third-order valence-corrected chi connectivity index (χ3v) is 5.19. The van der Waals surface area contributed by atoms with Gasteiger partial charge in [-0.05, 0) is 54.5 Å². The van der Waals surface area contributed by atoms with Gasteiger partial charge in [-0.3, -0.25) is 10.1 Å². The lowest BCUT2D eigenvalue weighted by molar-refractivity contribution is -0.112. The molecule has 1 N–H and O–H groups in total. The number of amides is 1. The number of aromatic nitrogens is 1. The number of hydrogen-bond donors (Lipinski definition) is 1. The van der Waals surface area contributed by atoms with Crippen LogP contribution in [0.2, 0.25) is 0 Å². The highest BCUT2D eigenvalue weighted by Gasteiger charge is 2.13. The van der Waals surface area contributed by atoms with E-state index in [0.717, 1.165) is 41.2 Å². The maximum atomic E-state index is 12.5. The monoisotopic (exact) mass is 433 g/mol. The number of methoxy groups -OCH3 is 1. The van der Waals surface area contributed by atoms with E-state index in [0.29, 0.717) is 11.7 Å². The molecule has 0 bridgehead atoms. The van der Waals surface area contributed by atoms with Crippen LogP contribution in [0, 0.1) is 11.3 Å². The standard InChI is InChI=1S/C24H23N3O3S/c1-3-4-13-30-21-9-5-17(6-10-21)14-19(15-25)23(28)27-24-26-22(16-31-24)18-7-11-20(29-2)12-8-18/h5-12,14,16H,3-4,13H2,1-2H3,(H,26,27,28)/b19-14+. The summed E-state index contributed by atoms with van der Waals surface area (Å²) < 4.78 is 10.8. The molecule has 1 amide bonds. The van der Waals surface area contributed by atoms with Crippen LogP contribution in [-0.2, 0) is 4.79 Å². The van der Waals surface area contributed by atoms with Gasteiger partial charge in [0.25, 0.3) is 5.91 Å². The Morgan fingerprint density at radius 1 is 1.16 bits per heavy atom. The molecule has 1 heterocycles. The molecule has 2 aromatic carbocycles. The molecule has 158 valence electrons. The summed E-state index contributed by atoms with van der Waals surface area (Å²) in [7, 11) is 1.61. The van der Waals surface area contributed by atoms with Gasteiger partial charge >= 0.3 is 0 Å². The number of nitrogens with zero attached hydrogens (tertiary/aromatic N) is 2. The van der Waals surface area contributed by atoms with Crippen molar-refractivity contribution < 1.29 is 14.3 Å². The van der Waals surface area contributed by atoms with E-state index in [1.165, 1.54) is 11.3 Å². The van der Waals surface area contributed by atoms with Crippen molar-refractivity contribution in [3.05, 3.63) is 65.0 Å². The molecule has 0 aliphatic heterocycles. The van der Waals surface area contributed by atoms with E-state index in [2.05, 4.69) is 17.2 Å². The highest BCUT2D eigenvalue weighted by atomic mass is 32.1. The van der Waals surface area contributed by atoms with Crippen LogP contribution in [0.15, 0.2) is 59.5 Å². The molecule has 0 unspecified atom stereocenters. The quantitative estimate of drug-likeness (QED) is 0.272. The topological polar surface area (TPSA) is 84.2 Å². The SMILES string of the molecule is CCCCOc1ccc(/C=C(\C#N)C(=O)Nc2nc(-c3ccc(OC)cc3)cs2)cc1. The van der Waals surface area contributed by atoms with E-state index < -0.39 is 5.91 Å². The predicted octanol–water partition coefficient (Wildman–Crippen LogP) is 5.54. The maximum Gasteiger partial charge on any atom is 0.268 e. The van der Waals surface area contributed by atoms with Crippen LogP contribution >= 0.6 is 11.3 Å². The van der Waals surface area contributed by atoms with E-state index in [9.17, 15) is 10.1 Å². The number of carbonyl (C=O) groups is 1. The first kappa shape index (κ1) is 22.1. The van der Waals surface area contributed by atoms with Crippen molar-refractivity contribution >= 4 is 28.5 Å². The maximum absolute atomic E-state index is 12.5. The molecule has 1 aromatic heterocycles. The Hall–Kier alpha value is -3.63. The Bertz CT molecular complexity index is 1080. The van der Waals surface area contributed by atoms with E-state index in [-0.39, 0.29) is 5.57 Å². The summed E-state index contributed by atoms with van der Waals surface area (Å²) >= 11 is 1.30. The zero-order valence-corrected chi connectivity index (χ0v) is 18.2. The Morgan fingerprint density at radius 3 is 2.52 bits per heavy atom. The first-order chi connectivity index (χ1) is 15.1. The summed E-state index contributed by atoms with van der Waals surface area (Å²) in [6.45, 7) is 2.78. The zero-order valence-electron chi connectivity index (χ0n) is 17.4. The van der Waals surface area contributed by atoms with Crippen molar-refractivity contribution in [2.75, 3.05) is 19.0 Å². The summed E-state index contributed by atoms with van der Waals surface area (Å²) in [4.78, 5) is 17.0. The summed E-state index contributed by atoms with van der Waals surface area (Å²) in [6, 6.07) is 16.8. The zero-order chi connectivity index (χ0) is 22.1. The molecule has 3 rings (SSSR count). The lowest BCUT2D eigenvalue weighted by atomic mass is 10.1. The number of nitrogens with one attached hydrogen (secondary N) is 1. The van der Waals surface area contributed by atoms with Gasteiger partial charge in [-0.15, -0.1) is 11.3 Å². The van der Waals surface area contributed by atoms with Crippen molar-refractivity contribution in [1.82, 2.24) is 4.98 Å². The average Bonchev–Trinajstić information content (AvgIpc) is 3.27. The smallest absolute Gasteiger partial charge is 0.268 e. The van der Waals surface area contributed by atoms with E-state index in [1.807, 2.05) is 60.0 Å². The molecule has 0 atom stereocenters. The molecule has 0 aliphatic carbocycles. The van der Waals surface area contributed by atoms with Crippen LogP contribution in [-0.4, -0.2) is 24.6 Å². The lowest BCUT2D eigenvalue weighted by Gasteiger charge is -2.05. The second-order valence-electron chi connectivity index (χ2n) is 6.66. The van der Waals surface area contributed by atoms with Crippen molar-refractivity contribution in [3.63, 3.8) is 0 Å². The van der Waals surface area contributed by atoms with E-state index in [4.69, 9.17) is 9.47 Å². The molecule has 0 aliphatic rings. The van der Waals surface area contributed by atoms with Gasteiger partial charge in [0.05, 0.1) is 19.4 Å². The van der Waals surface area contributed by atoms with Gasteiger partial charge in [0.1, 0.15) is 23.1 Å². The van der Waals surface area contributed by atoms with Gasteiger partial charge < -0.3 is 9.47 Å². The van der Waals surface area contributed by atoms with Gasteiger partial charge in [0.15, 0.2) is 5.13 Å². The number of rotatable bonds is 9. The number of carbonyl (C=O) groups excluding carboxylic acids is 1. The Labute approximate surface area is 185 Å². The molecule has 6 nitrogen and oxygen atoms in total. The minimum Gasteiger partial charge on any atom is -0.497 e. The fourth-order valence-electron chi connectivity index (χ4n) is 2.70. The second kappa shape index (κ2) is 11.0. The van der Waals surface area contributed by atoms with Gasteiger partial charge in [-0.1, -0.05) is 25.5 Å². The molecule has 31 heavy (non-hydrogen) atoms. The highest BCUT2D eigenvalue weighted by molar-refractivity contribution is 7.14. The predicted molar refractivity (Wildman–Crippen MR) is 123 cm³/mol. The summed E-state index contributed by atoms with van der Waals surface area (Å²) in [5.41, 5.74) is 2.40. The summed E-state index contributed by atoms with van der Waals surface area (Å²) in [6.07, 6.45) is 3.61. The first-order valence-corrected chi connectivity index (χ1v) is 10.8. The van der Waals surface area contributed by atoms with Gasteiger partial charge in [0, 0.05) is 10.9 Å². The fraction of sp³-hybridized carbons (Fsp3) is 0.208. The third kappa shape index (κ3) is 6.17. The van der Waals surface area contributed by atoms with Crippen LogP contribution in [0.1, 0.15) is 25.3 Å². The Kier molecular flexibility index (Phi) is 7.79. The third-order valence-electron chi connectivity index (χ3n) is 4.43. The number of ether oxygens (including phenoxy) is 2. The Morgan fingerprint density at radius 2 is 1.87 bits per heavy atom. The van der Waals surface area contributed by atoms with Crippen LogP contribution in [0.3, 0.4) is 0 Å². The number of hydrogen-bond acceptors (Lipinski definition) is 6. The molecule has 0 spiro atoms. The lowest BCUT2D eigenvalue weighted by Crippen LogP contribution is -2.13. The largest absolute Gasteiger partial charge is 0.497 e. The molecule has 7 heteroatoms. The van der Waals surface area contributed by atoms with Crippen molar-refractivity contribution in [2.45, 2.75) is 19.8 Å². The van der Waals surface area contributed by atoms with Crippen LogP contribution < -0.4 is 14.8 Å². The number of anilines is 1. The van der Waals surface area contributed by atoms with Gasteiger partial charge in [0.2, 0.25) is 0 Å². The van der Waals surface area contributed by atoms with Gasteiger partial charge in [-0.25, -0.2) is 4.98 Å². The number of unbranched alkanes of at least 4 members (excludes halogenated alkanes) is 1. The van der Waals surface area contributed by atoms with Crippen LogP contribution in [0.5, 0.6) is 11.5 Å². The van der Waals surface area contributed by atoms with E-state index in [1.54, 1.807) is 13.2 Å². The minimum absolute atomic E-state index is 0.000786. The first-order valence-electron chi connectivity index (χ1n) is 9.89. The molecular formula is C24H23N3O3S. The Balaban J connectivity index is 1.65. The van der Waals surface area contributed by atoms with Crippen LogP contribution in [0.25, 0.3) is 17.3 Å². The van der Waals surface area contributed by atoms with Crippen molar-refractivity contribution in [2.24, 2.45) is 0 Å². The number of benzene rings is 2. The molecule has 0 fully saturated rings. The summed E-state index contributed by atoms with van der Waals surface area (Å²) in [5, 5.41) is 14.4. The molecule has 3 aromatic rings. The highest BCUT2D eigenvalue weighted by Crippen LogP contribution is 2.27. The van der Waals surface area contributed by atoms with Gasteiger partial charge in [-0.2, -0.15) is 5.26 Å². The van der Waals surface area contributed by atoms with Crippen molar-refractivity contribution in [3.8, 4) is 28.8 Å². The molecule has 0 saturated carbocycles. The van der Waals surface area contributed by atoms with Crippen molar-refractivity contribution in [1.29, 1.82) is 5.26 Å². The van der Waals surface area contributed by atoms with E-state index >= 15 is 0 Å². The average molecular weight is 434 g/mol.